The minimum atomic E-state index is -0.292. The van der Waals surface area contributed by atoms with Crippen molar-refractivity contribution in [3.05, 3.63) is 53.6 Å². The molecule has 0 fully saturated rings. The number of nitrogens with two attached hydrogens (primary N) is 1. The van der Waals surface area contributed by atoms with E-state index >= 15 is 0 Å². The van der Waals surface area contributed by atoms with Gasteiger partial charge >= 0.3 is 0 Å². The summed E-state index contributed by atoms with van der Waals surface area (Å²) in [6.45, 7) is 1.75. The summed E-state index contributed by atoms with van der Waals surface area (Å²) in [5, 5.41) is 9.95. The topological polar surface area (TPSA) is 66.6 Å². The maximum atomic E-state index is 12.4. The number of aromatic hydroxyl groups is 1. The number of benzene rings is 2. The molecular formula is C15H16N2O2. The molecule has 0 unspecified atom stereocenters. The largest absolute Gasteiger partial charge is 0.507 e. The van der Waals surface area contributed by atoms with Crippen molar-refractivity contribution < 1.29 is 9.90 Å². The van der Waals surface area contributed by atoms with Crippen LogP contribution in [-0.2, 0) is 0 Å². The summed E-state index contributed by atoms with van der Waals surface area (Å²) in [7, 11) is 1.63. The number of phenols is 1. The van der Waals surface area contributed by atoms with E-state index in [-0.39, 0.29) is 17.2 Å². The van der Waals surface area contributed by atoms with Gasteiger partial charge in [0.1, 0.15) is 5.75 Å². The van der Waals surface area contributed by atoms with Crippen LogP contribution in [0.5, 0.6) is 5.75 Å². The monoisotopic (exact) mass is 256 g/mol. The highest BCUT2D eigenvalue weighted by Crippen LogP contribution is 2.27. The SMILES string of the molecule is Cc1cccc(C(=O)N(C)c2ccccc2N)c1O. The highest BCUT2D eigenvalue weighted by molar-refractivity contribution is 6.09. The number of hydrogen-bond acceptors (Lipinski definition) is 3. The number of carbonyl (C=O) groups excluding carboxylic acids is 1. The van der Waals surface area contributed by atoms with Crippen LogP contribution in [0, 0.1) is 6.92 Å². The van der Waals surface area contributed by atoms with Gasteiger partial charge in [-0.2, -0.15) is 0 Å². The molecule has 0 aliphatic carbocycles. The van der Waals surface area contributed by atoms with Crippen LogP contribution in [0.3, 0.4) is 0 Å². The van der Waals surface area contributed by atoms with Crippen LogP contribution in [0.15, 0.2) is 42.5 Å². The first-order valence-corrected chi connectivity index (χ1v) is 5.93. The van der Waals surface area contributed by atoms with Gasteiger partial charge in [-0.25, -0.2) is 0 Å². The summed E-state index contributed by atoms with van der Waals surface area (Å²) in [5.74, 6) is -0.284. The maximum Gasteiger partial charge on any atom is 0.261 e. The fourth-order valence-corrected chi connectivity index (χ4v) is 1.91. The fraction of sp³-hybridized carbons (Fsp3) is 0.133. The lowest BCUT2D eigenvalue weighted by atomic mass is 10.1. The van der Waals surface area contributed by atoms with E-state index in [1.807, 2.05) is 6.07 Å². The summed E-state index contributed by atoms with van der Waals surface area (Å²) in [6, 6.07) is 12.2. The number of aryl methyl sites for hydroxylation is 1. The molecule has 3 N–H and O–H groups in total. The van der Waals surface area contributed by atoms with E-state index in [1.165, 1.54) is 4.90 Å². The molecule has 0 aliphatic heterocycles. The van der Waals surface area contributed by atoms with Gasteiger partial charge in [-0.15, -0.1) is 0 Å². The molecule has 0 spiro atoms. The summed E-state index contributed by atoms with van der Waals surface area (Å²) in [6.07, 6.45) is 0. The third-order valence-corrected chi connectivity index (χ3v) is 3.07. The number of hydrogen-bond donors (Lipinski definition) is 2. The zero-order valence-corrected chi connectivity index (χ0v) is 10.9. The highest BCUT2D eigenvalue weighted by Gasteiger charge is 2.19. The van der Waals surface area contributed by atoms with E-state index in [0.717, 1.165) is 0 Å². The van der Waals surface area contributed by atoms with Gasteiger partial charge < -0.3 is 15.7 Å². The Bertz CT molecular complexity index is 623. The van der Waals surface area contributed by atoms with Crippen molar-refractivity contribution in [3.63, 3.8) is 0 Å². The van der Waals surface area contributed by atoms with Crippen LogP contribution in [0.2, 0.25) is 0 Å². The highest BCUT2D eigenvalue weighted by atomic mass is 16.3. The number of rotatable bonds is 2. The van der Waals surface area contributed by atoms with E-state index in [0.29, 0.717) is 16.9 Å². The minimum Gasteiger partial charge on any atom is -0.507 e. The van der Waals surface area contributed by atoms with Crippen molar-refractivity contribution >= 4 is 17.3 Å². The normalized spacial score (nSPS) is 10.2. The Hall–Kier alpha value is -2.49. The quantitative estimate of drug-likeness (QED) is 0.811. The first-order valence-electron chi connectivity index (χ1n) is 5.93. The molecule has 0 radical (unpaired) electrons. The molecule has 0 saturated heterocycles. The Morgan fingerprint density at radius 2 is 1.84 bits per heavy atom. The molecule has 0 atom stereocenters. The Morgan fingerprint density at radius 3 is 2.53 bits per heavy atom. The van der Waals surface area contributed by atoms with Gasteiger partial charge in [-0.05, 0) is 30.7 Å². The first kappa shape index (κ1) is 13.0. The van der Waals surface area contributed by atoms with Gasteiger partial charge in [0.05, 0.1) is 16.9 Å². The summed E-state index contributed by atoms with van der Waals surface area (Å²) < 4.78 is 0. The number of nitrogens with zero attached hydrogens (tertiary/aromatic N) is 1. The molecule has 0 aromatic heterocycles. The third kappa shape index (κ3) is 2.38. The van der Waals surface area contributed by atoms with Crippen LogP contribution in [0.1, 0.15) is 15.9 Å². The van der Waals surface area contributed by atoms with Gasteiger partial charge in [0.15, 0.2) is 0 Å². The lowest BCUT2D eigenvalue weighted by molar-refractivity contribution is 0.0990. The molecule has 19 heavy (non-hydrogen) atoms. The lowest BCUT2D eigenvalue weighted by Crippen LogP contribution is -2.27. The van der Waals surface area contributed by atoms with Gasteiger partial charge in [-0.3, -0.25) is 4.79 Å². The summed E-state index contributed by atoms with van der Waals surface area (Å²) >= 11 is 0. The molecule has 1 amide bonds. The molecule has 98 valence electrons. The number of nitrogen functional groups attached to an aromatic ring is 1. The average molecular weight is 256 g/mol. The van der Waals surface area contributed by atoms with E-state index in [1.54, 1.807) is 50.4 Å². The first-order chi connectivity index (χ1) is 9.02. The number of anilines is 2. The Morgan fingerprint density at radius 1 is 1.16 bits per heavy atom. The molecule has 0 saturated carbocycles. The standard InChI is InChI=1S/C15H16N2O2/c1-10-6-5-7-11(14(10)18)15(19)17(2)13-9-4-3-8-12(13)16/h3-9,18H,16H2,1-2H3. The van der Waals surface area contributed by atoms with Crippen molar-refractivity contribution in [2.45, 2.75) is 6.92 Å². The second-order valence-electron chi connectivity index (χ2n) is 4.39. The van der Waals surface area contributed by atoms with Crippen LogP contribution in [0.4, 0.5) is 11.4 Å². The number of amides is 1. The van der Waals surface area contributed by atoms with Crippen LogP contribution < -0.4 is 10.6 Å². The van der Waals surface area contributed by atoms with Crippen LogP contribution in [0.25, 0.3) is 0 Å². The van der Waals surface area contributed by atoms with Crippen molar-refractivity contribution in [1.29, 1.82) is 0 Å². The van der Waals surface area contributed by atoms with Crippen LogP contribution in [-0.4, -0.2) is 18.1 Å². The van der Waals surface area contributed by atoms with E-state index in [9.17, 15) is 9.90 Å². The molecule has 0 heterocycles. The molecule has 0 aliphatic rings. The van der Waals surface area contributed by atoms with Crippen molar-refractivity contribution in [1.82, 2.24) is 0 Å². The number of phenolic OH excluding ortho intramolecular Hbond substituents is 1. The van der Waals surface area contributed by atoms with Crippen LogP contribution >= 0.6 is 0 Å². The zero-order chi connectivity index (χ0) is 14.0. The molecule has 4 nitrogen and oxygen atoms in total. The molecule has 2 aromatic carbocycles. The Labute approximate surface area is 112 Å². The second kappa shape index (κ2) is 5.02. The zero-order valence-electron chi connectivity index (χ0n) is 10.9. The van der Waals surface area contributed by atoms with Gasteiger partial charge in [0.25, 0.3) is 5.91 Å². The smallest absolute Gasteiger partial charge is 0.261 e. The predicted molar refractivity (Wildman–Crippen MR) is 76.4 cm³/mol. The third-order valence-electron chi connectivity index (χ3n) is 3.07. The van der Waals surface area contributed by atoms with Gasteiger partial charge in [-0.1, -0.05) is 24.3 Å². The minimum absolute atomic E-state index is 0.00820. The fourth-order valence-electron chi connectivity index (χ4n) is 1.91. The van der Waals surface area contributed by atoms with Crippen molar-refractivity contribution in [3.8, 4) is 5.75 Å². The Kier molecular flexibility index (Phi) is 3.42. The van der Waals surface area contributed by atoms with Crippen molar-refractivity contribution in [2.24, 2.45) is 0 Å². The summed E-state index contributed by atoms with van der Waals surface area (Å²) in [4.78, 5) is 13.8. The Balaban J connectivity index is 2.40. The predicted octanol–water partition coefficient (Wildman–Crippen LogP) is 2.56. The average Bonchev–Trinajstić information content (AvgIpc) is 2.41. The number of carbonyl (C=O) groups is 1. The summed E-state index contributed by atoms with van der Waals surface area (Å²) in [5.41, 5.74) is 7.92. The second-order valence-corrected chi connectivity index (χ2v) is 4.39. The maximum absolute atomic E-state index is 12.4. The van der Waals surface area contributed by atoms with Crippen molar-refractivity contribution in [2.75, 3.05) is 17.7 Å². The molecule has 2 rings (SSSR count). The van der Waals surface area contributed by atoms with E-state index in [2.05, 4.69) is 0 Å². The molecule has 2 aromatic rings. The molecule has 4 heteroatoms. The van der Waals surface area contributed by atoms with Gasteiger partial charge in [0.2, 0.25) is 0 Å². The number of para-hydroxylation sites is 3. The van der Waals surface area contributed by atoms with E-state index < -0.39 is 0 Å². The lowest BCUT2D eigenvalue weighted by Gasteiger charge is -2.20. The van der Waals surface area contributed by atoms with E-state index in [4.69, 9.17) is 5.73 Å². The molecular weight excluding hydrogens is 240 g/mol. The van der Waals surface area contributed by atoms with Gasteiger partial charge in [0, 0.05) is 7.05 Å². The molecule has 0 bridgehead atoms.